The predicted octanol–water partition coefficient (Wildman–Crippen LogP) is 6.97. The first-order valence-corrected chi connectivity index (χ1v) is 8.39. The van der Waals surface area contributed by atoms with Crippen LogP contribution in [-0.2, 0) is 0 Å². The Morgan fingerprint density at radius 1 is 0.522 bits per heavy atom. The van der Waals surface area contributed by atoms with Crippen LogP contribution in [0.1, 0.15) is 30.5 Å². The quantitative estimate of drug-likeness (QED) is 0.479. The van der Waals surface area contributed by atoms with Crippen LogP contribution in [0.2, 0.25) is 0 Å². The number of hydrogen-bond donors (Lipinski definition) is 0. The van der Waals surface area contributed by atoms with E-state index >= 15 is 0 Å². The van der Waals surface area contributed by atoms with Crippen molar-refractivity contribution in [2.75, 3.05) is 0 Å². The van der Waals surface area contributed by atoms with E-state index in [4.69, 9.17) is 0 Å². The summed E-state index contributed by atoms with van der Waals surface area (Å²) in [6, 6.07) is 24.0. The second-order valence-corrected chi connectivity index (χ2v) is 5.71. The first-order chi connectivity index (χ1) is 11.1. The molecule has 0 N–H and O–H groups in total. The molecule has 0 saturated carbocycles. The standard InChI is InChI=1S/C21H20.C2H6/c1-15-9-10-16(2)20(13-15)21-14-19(12-11-17(21)3)18-7-5-4-6-8-18;1-2/h4-14H,1-3H3;1-2H3. The zero-order valence-electron chi connectivity index (χ0n) is 14.9. The van der Waals surface area contributed by atoms with E-state index in [2.05, 4.69) is 87.5 Å². The summed E-state index contributed by atoms with van der Waals surface area (Å²) in [5.41, 5.74) is 9.17. The van der Waals surface area contributed by atoms with Gasteiger partial charge in [-0.1, -0.05) is 80.1 Å². The molecule has 0 saturated heterocycles. The van der Waals surface area contributed by atoms with Crippen LogP contribution in [0.5, 0.6) is 0 Å². The summed E-state index contributed by atoms with van der Waals surface area (Å²) in [6.07, 6.45) is 0. The van der Waals surface area contributed by atoms with E-state index in [1.54, 1.807) is 0 Å². The highest BCUT2D eigenvalue weighted by Gasteiger charge is 2.07. The number of rotatable bonds is 2. The molecule has 0 heteroatoms. The Balaban J connectivity index is 0.000000924. The predicted molar refractivity (Wildman–Crippen MR) is 103 cm³/mol. The fraction of sp³-hybridized carbons (Fsp3) is 0.217. The molecule has 0 aliphatic heterocycles. The molecular weight excluding hydrogens is 276 g/mol. The lowest BCUT2D eigenvalue weighted by Gasteiger charge is -2.13. The number of benzene rings is 3. The first kappa shape index (κ1) is 17.0. The third kappa shape index (κ3) is 3.90. The van der Waals surface area contributed by atoms with E-state index in [1.807, 2.05) is 13.8 Å². The van der Waals surface area contributed by atoms with Crippen LogP contribution in [0.25, 0.3) is 22.3 Å². The molecule has 0 amide bonds. The molecule has 0 aromatic heterocycles. The molecule has 0 atom stereocenters. The fourth-order valence-corrected chi connectivity index (χ4v) is 2.75. The van der Waals surface area contributed by atoms with Crippen LogP contribution in [-0.4, -0.2) is 0 Å². The van der Waals surface area contributed by atoms with Gasteiger partial charge in [-0.2, -0.15) is 0 Å². The first-order valence-electron chi connectivity index (χ1n) is 8.39. The van der Waals surface area contributed by atoms with E-state index in [-0.39, 0.29) is 0 Å². The summed E-state index contributed by atoms with van der Waals surface area (Å²) in [7, 11) is 0. The summed E-state index contributed by atoms with van der Waals surface area (Å²) < 4.78 is 0. The smallest absolute Gasteiger partial charge is 0.0146 e. The summed E-state index contributed by atoms with van der Waals surface area (Å²) in [5, 5.41) is 0. The molecule has 0 bridgehead atoms. The van der Waals surface area contributed by atoms with Crippen molar-refractivity contribution in [2.45, 2.75) is 34.6 Å². The summed E-state index contributed by atoms with van der Waals surface area (Å²) in [4.78, 5) is 0. The van der Waals surface area contributed by atoms with Crippen molar-refractivity contribution in [3.05, 3.63) is 83.4 Å². The van der Waals surface area contributed by atoms with Crippen LogP contribution < -0.4 is 0 Å². The van der Waals surface area contributed by atoms with E-state index < -0.39 is 0 Å². The molecule has 3 aromatic rings. The van der Waals surface area contributed by atoms with Crippen LogP contribution in [0.3, 0.4) is 0 Å². The zero-order valence-corrected chi connectivity index (χ0v) is 14.9. The second-order valence-electron chi connectivity index (χ2n) is 5.71. The van der Waals surface area contributed by atoms with Gasteiger partial charge in [0.15, 0.2) is 0 Å². The van der Waals surface area contributed by atoms with Gasteiger partial charge in [-0.3, -0.25) is 0 Å². The van der Waals surface area contributed by atoms with Gasteiger partial charge in [0.1, 0.15) is 0 Å². The van der Waals surface area contributed by atoms with Crippen molar-refractivity contribution < 1.29 is 0 Å². The van der Waals surface area contributed by atoms with Crippen molar-refractivity contribution >= 4 is 0 Å². The SMILES string of the molecule is CC.Cc1ccc(C)c(-c2cc(-c3ccccc3)ccc2C)c1. The van der Waals surface area contributed by atoms with E-state index in [0.29, 0.717) is 0 Å². The summed E-state index contributed by atoms with van der Waals surface area (Å²) in [5.74, 6) is 0. The Morgan fingerprint density at radius 3 is 1.74 bits per heavy atom. The van der Waals surface area contributed by atoms with Crippen molar-refractivity contribution in [2.24, 2.45) is 0 Å². The third-order valence-electron chi connectivity index (χ3n) is 4.03. The Labute approximate surface area is 140 Å². The Hall–Kier alpha value is -2.34. The summed E-state index contributed by atoms with van der Waals surface area (Å²) in [6.45, 7) is 10.5. The maximum absolute atomic E-state index is 2.31. The van der Waals surface area contributed by atoms with Gasteiger partial charge in [-0.15, -0.1) is 0 Å². The number of aryl methyl sites for hydroxylation is 3. The lowest BCUT2D eigenvalue weighted by Crippen LogP contribution is -1.89. The van der Waals surface area contributed by atoms with E-state index in [9.17, 15) is 0 Å². The molecule has 23 heavy (non-hydrogen) atoms. The molecule has 0 nitrogen and oxygen atoms in total. The highest BCUT2D eigenvalue weighted by Crippen LogP contribution is 2.31. The Morgan fingerprint density at radius 2 is 1.09 bits per heavy atom. The fourth-order valence-electron chi connectivity index (χ4n) is 2.75. The van der Waals surface area contributed by atoms with Crippen molar-refractivity contribution in [1.82, 2.24) is 0 Å². The maximum atomic E-state index is 2.31. The van der Waals surface area contributed by atoms with Crippen molar-refractivity contribution in [1.29, 1.82) is 0 Å². The van der Waals surface area contributed by atoms with E-state index in [1.165, 1.54) is 38.9 Å². The molecule has 0 aliphatic rings. The highest BCUT2D eigenvalue weighted by atomic mass is 14.1. The van der Waals surface area contributed by atoms with Gasteiger partial charge in [0.25, 0.3) is 0 Å². The van der Waals surface area contributed by atoms with Crippen LogP contribution in [0.4, 0.5) is 0 Å². The van der Waals surface area contributed by atoms with Crippen LogP contribution in [0, 0.1) is 20.8 Å². The third-order valence-corrected chi connectivity index (χ3v) is 4.03. The molecule has 0 unspecified atom stereocenters. The second kappa shape index (κ2) is 7.78. The minimum absolute atomic E-state index is 1.27. The molecule has 0 heterocycles. The normalized spacial score (nSPS) is 9.96. The molecule has 3 rings (SSSR count). The van der Waals surface area contributed by atoms with Gasteiger partial charge in [-0.25, -0.2) is 0 Å². The van der Waals surface area contributed by atoms with Crippen molar-refractivity contribution in [3.8, 4) is 22.3 Å². The lowest BCUT2D eigenvalue weighted by molar-refractivity contribution is 1.37. The molecule has 118 valence electrons. The zero-order chi connectivity index (χ0) is 16.8. The minimum atomic E-state index is 1.27. The largest absolute Gasteiger partial charge is 0.0683 e. The van der Waals surface area contributed by atoms with Gasteiger partial charge in [0.05, 0.1) is 0 Å². The molecule has 0 aliphatic carbocycles. The maximum Gasteiger partial charge on any atom is -0.0146 e. The summed E-state index contributed by atoms with van der Waals surface area (Å²) >= 11 is 0. The molecule has 0 radical (unpaired) electrons. The molecule has 0 fully saturated rings. The van der Waals surface area contributed by atoms with Crippen molar-refractivity contribution in [3.63, 3.8) is 0 Å². The lowest BCUT2D eigenvalue weighted by atomic mass is 9.92. The van der Waals surface area contributed by atoms with Crippen LogP contribution in [0.15, 0.2) is 66.7 Å². The highest BCUT2D eigenvalue weighted by molar-refractivity contribution is 5.77. The van der Waals surface area contributed by atoms with Gasteiger partial charge in [0.2, 0.25) is 0 Å². The minimum Gasteiger partial charge on any atom is -0.0683 e. The average Bonchev–Trinajstić information content (AvgIpc) is 2.60. The Kier molecular flexibility index (Phi) is 5.76. The van der Waals surface area contributed by atoms with Gasteiger partial charge in [-0.05, 0) is 60.2 Å². The van der Waals surface area contributed by atoms with Crippen LogP contribution >= 0.6 is 0 Å². The molecule has 3 aromatic carbocycles. The average molecular weight is 302 g/mol. The van der Waals surface area contributed by atoms with Gasteiger partial charge < -0.3 is 0 Å². The topological polar surface area (TPSA) is 0 Å². The molecule has 0 spiro atoms. The number of hydrogen-bond acceptors (Lipinski definition) is 0. The molecular formula is C23H26. The van der Waals surface area contributed by atoms with Gasteiger partial charge in [0, 0.05) is 0 Å². The van der Waals surface area contributed by atoms with Gasteiger partial charge >= 0.3 is 0 Å². The van der Waals surface area contributed by atoms with E-state index in [0.717, 1.165) is 0 Å². The monoisotopic (exact) mass is 302 g/mol. The Bertz CT molecular complexity index is 767.